The van der Waals surface area contributed by atoms with E-state index in [2.05, 4.69) is 9.71 Å². The van der Waals surface area contributed by atoms with E-state index in [1.54, 1.807) is 42.2 Å². The monoisotopic (exact) mass is 577 g/mol. The van der Waals surface area contributed by atoms with Crippen molar-refractivity contribution < 1.29 is 27.5 Å². The molecule has 1 aromatic heterocycles. The topological polar surface area (TPSA) is 129 Å². The molecule has 1 N–H and O–H groups in total. The summed E-state index contributed by atoms with van der Waals surface area (Å²) in [7, 11) is -2.68. The van der Waals surface area contributed by atoms with Gasteiger partial charge in [-0.3, -0.25) is 13.9 Å². The molecule has 4 rings (SSSR count). The fraction of sp³-hybridized carbons (Fsp3) is 0.462. The largest absolute Gasteiger partial charge is 0.462 e. The number of nitrogens with zero attached hydrogens (tertiary/aromatic N) is 4. The first-order valence-corrected chi connectivity index (χ1v) is 14.7. The summed E-state index contributed by atoms with van der Waals surface area (Å²) in [5.74, 6) is -1.19. The predicted octanol–water partition coefficient (Wildman–Crippen LogP) is 2.75. The molecule has 0 spiro atoms. The van der Waals surface area contributed by atoms with Crippen LogP contribution in [0.1, 0.15) is 48.7 Å². The first kappa shape index (κ1) is 28.6. The zero-order valence-corrected chi connectivity index (χ0v) is 23.5. The van der Waals surface area contributed by atoms with Crippen LogP contribution >= 0.6 is 11.6 Å². The Hall–Kier alpha value is -3.38. The molecular formula is C26H32ClN5O6S. The summed E-state index contributed by atoms with van der Waals surface area (Å²) in [5, 5.41) is 0.254. The lowest BCUT2D eigenvalue weighted by atomic mass is 9.96. The van der Waals surface area contributed by atoms with Gasteiger partial charge in [-0.15, -0.1) is 0 Å². The average molecular weight is 578 g/mol. The lowest BCUT2D eigenvalue weighted by Gasteiger charge is -2.33. The summed E-state index contributed by atoms with van der Waals surface area (Å²) in [5.41, 5.74) is 1.05. The zero-order valence-electron chi connectivity index (χ0n) is 21.9. The molecule has 0 saturated carbocycles. The van der Waals surface area contributed by atoms with Crippen LogP contribution in [0.5, 0.6) is 0 Å². The van der Waals surface area contributed by atoms with Gasteiger partial charge in [-0.1, -0.05) is 29.8 Å². The van der Waals surface area contributed by atoms with Crippen LogP contribution in [-0.2, 0) is 31.1 Å². The number of para-hydroxylation sites is 1. The fourth-order valence-corrected chi connectivity index (χ4v) is 5.93. The van der Waals surface area contributed by atoms with E-state index in [0.717, 1.165) is 10.7 Å². The molecule has 2 saturated heterocycles. The number of piperidine rings is 1. The van der Waals surface area contributed by atoms with Gasteiger partial charge in [0.1, 0.15) is 5.82 Å². The number of carbonyl (C=O) groups is 3. The van der Waals surface area contributed by atoms with Crippen molar-refractivity contribution in [3.8, 4) is 0 Å². The van der Waals surface area contributed by atoms with E-state index in [-0.39, 0.29) is 29.6 Å². The molecular weight excluding hydrogens is 546 g/mol. The highest BCUT2D eigenvalue weighted by Crippen LogP contribution is 2.31. The number of anilines is 2. The molecule has 0 aliphatic carbocycles. The van der Waals surface area contributed by atoms with Crippen molar-refractivity contribution in [1.29, 1.82) is 0 Å². The highest BCUT2D eigenvalue weighted by Gasteiger charge is 2.32. The standard InChI is InChI=1S/C26H32ClN5O6S/c1-3-38-26(35)20-16-21(27)24(28-22(20)17-32-13-7-10-23(32)33)31-14-11-18(12-15-31)25(34)29-39(36,37)30(2)19-8-5-4-6-9-19/h4-6,8-9,16,18H,3,7,10-15,17H2,1-2H3,(H,29,34). The average Bonchev–Trinajstić information content (AvgIpc) is 3.33. The number of aromatic nitrogens is 1. The molecule has 13 heteroatoms. The van der Waals surface area contributed by atoms with Crippen molar-refractivity contribution in [2.24, 2.45) is 5.92 Å². The van der Waals surface area contributed by atoms with Crippen molar-refractivity contribution in [2.45, 2.75) is 39.2 Å². The number of ether oxygens (including phenoxy) is 1. The van der Waals surface area contributed by atoms with E-state index >= 15 is 0 Å². The number of hydrogen-bond acceptors (Lipinski definition) is 8. The minimum atomic E-state index is -4.06. The Morgan fingerprint density at radius 2 is 1.87 bits per heavy atom. The number of amides is 2. The van der Waals surface area contributed by atoms with E-state index < -0.39 is 28.0 Å². The Kier molecular flexibility index (Phi) is 8.96. The van der Waals surface area contributed by atoms with E-state index in [4.69, 9.17) is 16.3 Å². The maximum atomic E-state index is 12.9. The second kappa shape index (κ2) is 12.2. The molecule has 2 aliphatic heterocycles. The second-order valence-electron chi connectivity index (χ2n) is 9.46. The number of hydrogen-bond donors (Lipinski definition) is 1. The molecule has 2 fully saturated rings. The summed E-state index contributed by atoms with van der Waals surface area (Å²) in [6.07, 6.45) is 1.98. The highest BCUT2D eigenvalue weighted by atomic mass is 35.5. The summed E-state index contributed by atoms with van der Waals surface area (Å²) >= 11 is 6.55. The predicted molar refractivity (Wildman–Crippen MR) is 147 cm³/mol. The number of carbonyl (C=O) groups excluding carboxylic acids is 3. The van der Waals surface area contributed by atoms with Crippen LogP contribution in [-0.4, -0.2) is 69.4 Å². The quantitative estimate of drug-likeness (QED) is 0.450. The third-order valence-corrected chi connectivity index (χ3v) is 8.59. The Morgan fingerprint density at radius 1 is 1.18 bits per heavy atom. The molecule has 1 aromatic carbocycles. The third-order valence-electron chi connectivity index (χ3n) is 6.92. The Morgan fingerprint density at radius 3 is 2.49 bits per heavy atom. The number of benzene rings is 1. The molecule has 0 radical (unpaired) electrons. The summed E-state index contributed by atoms with van der Waals surface area (Å²) in [6.45, 7) is 3.45. The molecule has 3 heterocycles. The third kappa shape index (κ3) is 6.62. The lowest BCUT2D eigenvalue weighted by Crippen LogP contribution is -2.47. The van der Waals surface area contributed by atoms with Gasteiger partial charge in [-0.05, 0) is 44.4 Å². The number of esters is 1. The van der Waals surface area contributed by atoms with E-state index in [9.17, 15) is 22.8 Å². The van der Waals surface area contributed by atoms with Crippen molar-refractivity contribution in [2.75, 3.05) is 42.5 Å². The van der Waals surface area contributed by atoms with Crippen LogP contribution in [0.15, 0.2) is 36.4 Å². The maximum Gasteiger partial charge on any atom is 0.340 e. The smallest absolute Gasteiger partial charge is 0.340 e. The normalized spacial score (nSPS) is 16.3. The van der Waals surface area contributed by atoms with Gasteiger partial charge in [0.2, 0.25) is 11.8 Å². The molecule has 2 aromatic rings. The zero-order chi connectivity index (χ0) is 28.2. The SMILES string of the molecule is CCOC(=O)c1cc(Cl)c(N2CCC(C(=O)NS(=O)(=O)N(C)c3ccccc3)CC2)nc1CN1CCCC1=O. The van der Waals surface area contributed by atoms with E-state index in [1.165, 1.54) is 13.1 Å². The second-order valence-corrected chi connectivity index (χ2v) is 11.6. The van der Waals surface area contributed by atoms with Crippen LogP contribution < -0.4 is 13.9 Å². The number of pyridine rings is 1. The minimum Gasteiger partial charge on any atom is -0.462 e. The summed E-state index contributed by atoms with van der Waals surface area (Å²) in [6, 6.07) is 10.00. The Labute approximate surface area is 233 Å². The molecule has 39 heavy (non-hydrogen) atoms. The van der Waals surface area contributed by atoms with Gasteiger partial charge in [0.05, 0.1) is 35.1 Å². The molecule has 2 aliphatic rings. The number of likely N-dealkylation sites (tertiary alicyclic amines) is 1. The Balaban J connectivity index is 1.45. The van der Waals surface area contributed by atoms with Crippen molar-refractivity contribution in [3.05, 3.63) is 52.7 Å². The fourth-order valence-electron chi connectivity index (χ4n) is 4.70. The van der Waals surface area contributed by atoms with Crippen molar-refractivity contribution in [1.82, 2.24) is 14.6 Å². The van der Waals surface area contributed by atoms with Crippen LogP contribution in [0.25, 0.3) is 0 Å². The van der Waals surface area contributed by atoms with Crippen molar-refractivity contribution >= 4 is 51.1 Å². The minimum absolute atomic E-state index is 0.00259. The van der Waals surface area contributed by atoms with Gasteiger partial charge >= 0.3 is 16.2 Å². The Bertz CT molecular complexity index is 1330. The van der Waals surface area contributed by atoms with Gasteiger partial charge in [0, 0.05) is 39.0 Å². The molecule has 11 nitrogen and oxygen atoms in total. The van der Waals surface area contributed by atoms with Gasteiger partial charge < -0.3 is 14.5 Å². The molecule has 2 amide bonds. The maximum absolute atomic E-state index is 12.9. The molecule has 0 bridgehead atoms. The van der Waals surface area contributed by atoms with Crippen LogP contribution in [0.4, 0.5) is 11.5 Å². The number of rotatable bonds is 9. The summed E-state index contributed by atoms with van der Waals surface area (Å²) < 4.78 is 33.9. The van der Waals surface area contributed by atoms with E-state index in [1.807, 2.05) is 4.90 Å². The van der Waals surface area contributed by atoms with E-state index in [0.29, 0.717) is 56.1 Å². The van der Waals surface area contributed by atoms with Gasteiger partial charge in [0.15, 0.2) is 0 Å². The first-order chi connectivity index (χ1) is 18.6. The lowest BCUT2D eigenvalue weighted by molar-refractivity contribution is -0.128. The molecule has 0 atom stereocenters. The van der Waals surface area contributed by atoms with Gasteiger partial charge in [-0.2, -0.15) is 8.42 Å². The highest BCUT2D eigenvalue weighted by molar-refractivity contribution is 7.91. The molecule has 0 unspecified atom stereocenters. The van der Waals surface area contributed by atoms with Crippen LogP contribution in [0, 0.1) is 5.92 Å². The van der Waals surface area contributed by atoms with Gasteiger partial charge in [-0.25, -0.2) is 14.5 Å². The number of halogens is 1. The van der Waals surface area contributed by atoms with Crippen LogP contribution in [0.2, 0.25) is 5.02 Å². The number of nitrogens with one attached hydrogen (secondary N) is 1. The van der Waals surface area contributed by atoms with Crippen LogP contribution in [0.3, 0.4) is 0 Å². The van der Waals surface area contributed by atoms with Gasteiger partial charge in [0.25, 0.3) is 0 Å². The van der Waals surface area contributed by atoms with Crippen molar-refractivity contribution in [3.63, 3.8) is 0 Å². The first-order valence-electron chi connectivity index (χ1n) is 12.9. The molecule has 210 valence electrons. The summed E-state index contributed by atoms with van der Waals surface area (Å²) in [4.78, 5) is 45.9.